The summed E-state index contributed by atoms with van der Waals surface area (Å²) in [7, 11) is 0. The van der Waals surface area contributed by atoms with E-state index in [1.165, 1.54) is 6.20 Å². The van der Waals surface area contributed by atoms with Gasteiger partial charge in [-0.25, -0.2) is 4.98 Å². The molecule has 0 spiro atoms. The number of aliphatic hydroxyl groups excluding tert-OH is 1. The van der Waals surface area contributed by atoms with E-state index in [4.69, 9.17) is 10.8 Å². The average Bonchev–Trinajstić information content (AvgIpc) is 2.51. The molecular weight excluding hydrogens is 266 g/mol. The fourth-order valence-corrected chi connectivity index (χ4v) is 2.34. The molecule has 0 aliphatic carbocycles. The first-order chi connectivity index (χ1) is 10.2. The summed E-state index contributed by atoms with van der Waals surface area (Å²) in [5.41, 5.74) is 6.40. The molecule has 1 heterocycles. The maximum absolute atomic E-state index is 12.7. The van der Waals surface area contributed by atoms with E-state index in [9.17, 15) is 4.79 Å². The lowest BCUT2D eigenvalue weighted by atomic mass is 10.1. The molecule has 0 fully saturated rings. The number of nitrogen functional groups attached to an aromatic ring is 1. The van der Waals surface area contributed by atoms with Crippen LogP contribution in [0.4, 0.5) is 5.82 Å². The molecule has 0 unspecified atom stereocenters. The summed E-state index contributed by atoms with van der Waals surface area (Å²) in [6.07, 6.45) is 3.43. The van der Waals surface area contributed by atoms with Crippen LogP contribution in [-0.2, 0) is 0 Å². The second-order valence-electron chi connectivity index (χ2n) is 4.97. The van der Waals surface area contributed by atoms with Gasteiger partial charge in [0.2, 0.25) is 0 Å². The van der Waals surface area contributed by atoms with Gasteiger partial charge in [-0.3, -0.25) is 4.79 Å². The van der Waals surface area contributed by atoms with E-state index in [-0.39, 0.29) is 12.5 Å². The second kappa shape index (κ2) is 7.04. The minimum atomic E-state index is -0.110. The zero-order valence-corrected chi connectivity index (χ0v) is 12.2. The van der Waals surface area contributed by atoms with Gasteiger partial charge < -0.3 is 15.7 Å². The Hall–Kier alpha value is -2.14. The molecule has 0 saturated carbocycles. The van der Waals surface area contributed by atoms with Crippen LogP contribution in [0.1, 0.15) is 30.1 Å². The predicted octanol–water partition coefficient (Wildman–Crippen LogP) is 2.05. The molecule has 0 aliphatic heterocycles. The molecule has 0 radical (unpaired) electrons. The van der Waals surface area contributed by atoms with Crippen molar-refractivity contribution in [3.63, 3.8) is 0 Å². The number of nitrogens with two attached hydrogens (primary N) is 1. The highest BCUT2D eigenvalue weighted by atomic mass is 16.3. The number of carbonyl (C=O) groups is 1. The molecule has 1 aromatic heterocycles. The van der Waals surface area contributed by atoms with Crippen molar-refractivity contribution in [1.29, 1.82) is 0 Å². The number of benzene rings is 1. The summed E-state index contributed by atoms with van der Waals surface area (Å²) < 4.78 is 0. The predicted molar refractivity (Wildman–Crippen MR) is 84.1 cm³/mol. The van der Waals surface area contributed by atoms with E-state index in [0.29, 0.717) is 24.5 Å². The zero-order chi connectivity index (χ0) is 15.2. The highest BCUT2D eigenvalue weighted by Crippen LogP contribution is 2.23. The van der Waals surface area contributed by atoms with E-state index in [1.54, 1.807) is 4.90 Å². The third kappa shape index (κ3) is 3.31. The van der Waals surface area contributed by atoms with Gasteiger partial charge in [0, 0.05) is 24.7 Å². The zero-order valence-electron chi connectivity index (χ0n) is 12.2. The fraction of sp³-hybridized carbons (Fsp3) is 0.375. The molecule has 2 rings (SSSR count). The number of amides is 1. The first-order valence-electron chi connectivity index (χ1n) is 7.22. The Morgan fingerprint density at radius 3 is 2.67 bits per heavy atom. The van der Waals surface area contributed by atoms with E-state index < -0.39 is 0 Å². The van der Waals surface area contributed by atoms with Crippen LogP contribution in [-0.4, -0.2) is 40.6 Å². The standard InChI is InChI=1S/C16H21N3O2/c1-2-3-8-19(9-10-20)16(21)14-11-18-15(17)13-7-5-4-6-12(13)14/h4-7,11,20H,2-3,8-10H2,1H3,(H2,17,18). The first-order valence-corrected chi connectivity index (χ1v) is 7.22. The second-order valence-corrected chi connectivity index (χ2v) is 4.97. The fourth-order valence-electron chi connectivity index (χ4n) is 2.34. The van der Waals surface area contributed by atoms with E-state index in [0.717, 1.165) is 23.6 Å². The number of anilines is 1. The summed E-state index contributed by atoms with van der Waals surface area (Å²) in [6.45, 7) is 2.99. The van der Waals surface area contributed by atoms with Gasteiger partial charge in [-0.05, 0) is 11.8 Å². The number of pyridine rings is 1. The Labute approximate surface area is 124 Å². The van der Waals surface area contributed by atoms with Crippen molar-refractivity contribution in [3.05, 3.63) is 36.0 Å². The summed E-state index contributed by atoms with van der Waals surface area (Å²) in [5.74, 6) is 0.311. The largest absolute Gasteiger partial charge is 0.395 e. The summed E-state index contributed by atoms with van der Waals surface area (Å²) >= 11 is 0. The Morgan fingerprint density at radius 2 is 2.00 bits per heavy atom. The number of hydrogen-bond acceptors (Lipinski definition) is 4. The van der Waals surface area contributed by atoms with Gasteiger partial charge in [0.25, 0.3) is 5.91 Å². The van der Waals surface area contributed by atoms with Crippen LogP contribution in [0, 0.1) is 0 Å². The summed E-state index contributed by atoms with van der Waals surface area (Å²) in [5, 5.41) is 10.7. The van der Waals surface area contributed by atoms with Crippen molar-refractivity contribution >= 4 is 22.5 Å². The number of nitrogens with zero attached hydrogens (tertiary/aromatic N) is 2. The van der Waals surface area contributed by atoms with Gasteiger partial charge in [0.1, 0.15) is 5.82 Å². The van der Waals surface area contributed by atoms with Crippen LogP contribution in [0.25, 0.3) is 10.8 Å². The highest BCUT2D eigenvalue weighted by Gasteiger charge is 2.18. The highest BCUT2D eigenvalue weighted by molar-refractivity contribution is 6.08. The van der Waals surface area contributed by atoms with Crippen molar-refractivity contribution in [2.45, 2.75) is 19.8 Å². The smallest absolute Gasteiger partial charge is 0.256 e. The van der Waals surface area contributed by atoms with Crippen molar-refractivity contribution in [3.8, 4) is 0 Å². The monoisotopic (exact) mass is 287 g/mol. The number of aromatic nitrogens is 1. The van der Waals surface area contributed by atoms with Crippen LogP contribution in [0.5, 0.6) is 0 Å². The topological polar surface area (TPSA) is 79.5 Å². The number of aliphatic hydroxyl groups is 1. The quantitative estimate of drug-likeness (QED) is 0.852. The maximum atomic E-state index is 12.7. The molecule has 21 heavy (non-hydrogen) atoms. The van der Waals surface area contributed by atoms with Gasteiger partial charge in [-0.2, -0.15) is 0 Å². The van der Waals surface area contributed by atoms with Crippen LogP contribution in [0.2, 0.25) is 0 Å². The summed E-state index contributed by atoms with van der Waals surface area (Å²) in [4.78, 5) is 18.5. The molecular formula is C16H21N3O2. The molecule has 1 aromatic carbocycles. The van der Waals surface area contributed by atoms with E-state index >= 15 is 0 Å². The Kier molecular flexibility index (Phi) is 5.11. The van der Waals surface area contributed by atoms with Crippen LogP contribution in [0.15, 0.2) is 30.5 Å². The first kappa shape index (κ1) is 15.3. The van der Waals surface area contributed by atoms with Crippen molar-refractivity contribution in [2.75, 3.05) is 25.4 Å². The van der Waals surface area contributed by atoms with Gasteiger partial charge in [0.15, 0.2) is 0 Å². The van der Waals surface area contributed by atoms with Crippen LogP contribution >= 0.6 is 0 Å². The number of unbranched alkanes of at least 4 members (excludes halogenated alkanes) is 1. The number of carbonyl (C=O) groups excluding carboxylic acids is 1. The van der Waals surface area contributed by atoms with Gasteiger partial charge in [0.05, 0.1) is 12.2 Å². The minimum absolute atomic E-state index is 0.0458. The summed E-state index contributed by atoms with van der Waals surface area (Å²) in [6, 6.07) is 7.48. The third-order valence-corrected chi connectivity index (χ3v) is 3.50. The molecule has 0 atom stereocenters. The van der Waals surface area contributed by atoms with E-state index in [2.05, 4.69) is 11.9 Å². The number of rotatable bonds is 6. The molecule has 3 N–H and O–H groups in total. The van der Waals surface area contributed by atoms with Crippen LogP contribution in [0.3, 0.4) is 0 Å². The Balaban J connectivity index is 2.39. The maximum Gasteiger partial charge on any atom is 0.256 e. The molecule has 0 aliphatic rings. The minimum Gasteiger partial charge on any atom is -0.395 e. The molecule has 5 heteroatoms. The molecule has 0 bridgehead atoms. The van der Waals surface area contributed by atoms with Crippen molar-refractivity contribution < 1.29 is 9.90 Å². The number of fused-ring (bicyclic) bond motifs is 1. The third-order valence-electron chi connectivity index (χ3n) is 3.50. The lowest BCUT2D eigenvalue weighted by molar-refractivity contribution is 0.0721. The lowest BCUT2D eigenvalue weighted by Crippen LogP contribution is -2.34. The van der Waals surface area contributed by atoms with Crippen LogP contribution < -0.4 is 5.73 Å². The van der Waals surface area contributed by atoms with Crippen molar-refractivity contribution in [1.82, 2.24) is 9.88 Å². The lowest BCUT2D eigenvalue weighted by Gasteiger charge is -2.22. The van der Waals surface area contributed by atoms with Gasteiger partial charge in [-0.1, -0.05) is 37.6 Å². The van der Waals surface area contributed by atoms with Gasteiger partial charge in [-0.15, -0.1) is 0 Å². The molecule has 2 aromatic rings. The molecule has 112 valence electrons. The molecule has 5 nitrogen and oxygen atoms in total. The Bertz CT molecular complexity index is 628. The Morgan fingerprint density at radius 1 is 1.29 bits per heavy atom. The molecule has 1 amide bonds. The molecule has 0 saturated heterocycles. The van der Waals surface area contributed by atoms with Gasteiger partial charge >= 0.3 is 0 Å². The van der Waals surface area contributed by atoms with E-state index in [1.807, 2.05) is 24.3 Å². The number of hydrogen-bond donors (Lipinski definition) is 2. The van der Waals surface area contributed by atoms with Crippen molar-refractivity contribution in [2.24, 2.45) is 0 Å². The SMILES string of the molecule is CCCCN(CCO)C(=O)c1cnc(N)c2ccccc12. The average molecular weight is 287 g/mol. The normalized spacial score (nSPS) is 10.8.